The van der Waals surface area contributed by atoms with Crippen LogP contribution in [0.25, 0.3) is 5.57 Å². The summed E-state index contributed by atoms with van der Waals surface area (Å²) < 4.78 is 7.38. The second-order valence-electron chi connectivity index (χ2n) is 8.74. The number of hydrazone groups is 1. The maximum Gasteiger partial charge on any atom is 0.152 e. The molecular formula is C32H53ClN6O. The highest BCUT2D eigenvalue weighted by atomic mass is 35.5. The van der Waals surface area contributed by atoms with Crippen molar-refractivity contribution in [2.75, 3.05) is 7.11 Å². The number of imidazole rings is 1. The van der Waals surface area contributed by atoms with Crippen molar-refractivity contribution < 1.29 is 4.74 Å². The lowest BCUT2D eigenvalue weighted by atomic mass is 10.1. The van der Waals surface area contributed by atoms with Crippen molar-refractivity contribution in [1.29, 1.82) is 0 Å². The van der Waals surface area contributed by atoms with Crippen LogP contribution < -0.4 is 16.5 Å². The lowest BCUT2D eigenvalue weighted by molar-refractivity contribution is 0.177. The third kappa shape index (κ3) is 13.5. The predicted octanol–water partition coefficient (Wildman–Crippen LogP) is 8.40. The molecule has 0 radical (unpaired) electrons. The average molecular weight is 573 g/mol. The maximum absolute atomic E-state index is 6.13. The highest BCUT2D eigenvalue weighted by Crippen LogP contribution is 2.22. The van der Waals surface area contributed by atoms with Crippen LogP contribution in [0.2, 0.25) is 5.15 Å². The second-order valence-corrected chi connectivity index (χ2v) is 9.10. The number of nitrogens with zero attached hydrogens (tertiary/aromatic N) is 3. The van der Waals surface area contributed by atoms with Gasteiger partial charge in [-0.25, -0.2) is 10.5 Å². The van der Waals surface area contributed by atoms with Gasteiger partial charge in [-0.15, -0.1) is 10.6 Å². The summed E-state index contributed by atoms with van der Waals surface area (Å²) in [6.45, 7) is 13.9. The van der Waals surface area contributed by atoms with Crippen LogP contribution in [0.15, 0.2) is 65.3 Å². The van der Waals surface area contributed by atoms with E-state index >= 15 is 0 Å². The molecule has 8 heteroatoms. The number of hydrogen-bond acceptors (Lipinski definition) is 6. The first-order chi connectivity index (χ1) is 19.0. The number of halogens is 1. The van der Waals surface area contributed by atoms with E-state index in [1.54, 1.807) is 7.11 Å². The molecule has 0 bridgehead atoms. The molecule has 0 spiro atoms. The molecule has 0 saturated carbocycles. The predicted molar refractivity (Wildman–Crippen MR) is 174 cm³/mol. The SMILES string of the molecule is C.CC.CC1=NNNN1.CCC1=CCC=C(c2ccccc2)C=C1.CCCCc1nc(Cl)c(COC)n1CCC. The number of rotatable bonds is 9. The largest absolute Gasteiger partial charge is 0.378 e. The zero-order chi connectivity index (χ0) is 28.9. The van der Waals surface area contributed by atoms with E-state index in [0.29, 0.717) is 11.8 Å². The first-order valence-electron chi connectivity index (χ1n) is 14.2. The van der Waals surface area contributed by atoms with Crippen molar-refractivity contribution in [2.45, 2.75) is 101 Å². The summed E-state index contributed by atoms with van der Waals surface area (Å²) in [4.78, 5) is 4.43. The summed E-state index contributed by atoms with van der Waals surface area (Å²) in [7, 11) is 1.69. The molecule has 0 unspecified atom stereocenters. The molecule has 0 fully saturated rings. The molecule has 1 aliphatic carbocycles. The molecule has 2 heterocycles. The molecule has 2 aromatic rings. The standard InChI is InChI=1S/C15H16.C12H21ClN2O.C2H6N4.C2H6.CH4/c1-2-13-7-6-10-15(12-11-13)14-8-4-3-5-9-14;1-4-6-7-11-14-12(13)10(9-16-3)15(11)8-5-2;1-2-3-5-6-4-2;1-2;/h3-5,7-12H,2,6H2,1H3;4-9H2,1-3H3;5-6H,1H3,(H,3,4);1-2H3;1H4. The van der Waals surface area contributed by atoms with Crippen LogP contribution in [-0.2, 0) is 24.3 Å². The molecule has 0 saturated heterocycles. The van der Waals surface area contributed by atoms with Gasteiger partial charge < -0.3 is 9.30 Å². The quantitative estimate of drug-likeness (QED) is 0.281. The Bertz CT molecular complexity index is 1060. The number of nitrogens with one attached hydrogen (secondary N) is 3. The van der Waals surface area contributed by atoms with Crippen molar-refractivity contribution in [3.05, 3.63) is 82.4 Å². The van der Waals surface area contributed by atoms with Gasteiger partial charge in [0.15, 0.2) is 5.15 Å². The highest BCUT2D eigenvalue weighted by Gasteiger charge is 2.14. The van der Waals surface area contributed by atoms with Gasteiger partial charge in [-0.3, -0.25) is 5.43 Å². The minimum Gasteiger partial charge on any atom is -0.378 e. The van der Waals surface area contributed by atoms with E-state index in [0.717, 1.165) is 56.0 Å². The summed E-state index contributed by atoms with van der Waals surface area (Å²) in [6, 6.07) is 10.5. The van der Waals surface area contributed by atoms with E-state index < -0.39 is 0 Å². The Labute approximate surface area is 248 Å². The zero-order valence-electron chi connectivity index (χ0n) is 25.0. The van der Waals surface area contributed by atoms with E-state index in [-0.39, 0.29) is 7.43 Å². The third-order valence-corrected chi connectivity index (χ3v) is 6.12. The third-order valence-electron chi connectivity index (χ3n) is 5.82. The molecule has 224 valence electrons. The monoisotopic (exact) mass is 572 g/mol. The van der Waals surface area contributed by atoms with Crippen LogP contribution in [0.5, 0.6) is 0 Å². The van der Waals surface area contributed by atoms with Gasteiger partial charge in [0, 0.05) is 20.1 Å². The lowest BCUT2D eigenvalue weighted by Crippen LogP contribution is -2.33. The fraction of sp³-hybridized carbons (Fsp3) is 0.500. The van der Waals surface area contributed by atoms with Crippen molar-refractivity contribution in [2.24, 2.45) is 5.10 Å². The number of amidine groups is 1. The van der Waals surface area contributed by atoms with E-state index in [9.17, 15) is 0 Å². The minimum atomic E-state index is 0. The van der Waals surface area contributed by atoms with Crippen LogP contribution >= 0.6 is 11.6 Å². The highest BCUT2D eigenvalue weighted by molar-refractivity contribution is 6.30. The van der Waals surface area contributed by atoms with Crippen LogP contribution in [0.4, 0.5) is 0 Å². The number of aromatic nitrogens is 2. The normalized spacial score (nSPS) is 13.2. The van der Waals surface area contributed by atoms with Crippen LogP contribution in [0.3, 0.4) is 0 Å². The van der Waals surface area contributed by atoms with Gasteiger partial charge in [0.05, 0.1) is 12.3 Å². The zero-order valence-corrected chi connectivity index (χ0v) is 25.7. The topological polar surface area (TPSA) is 75.5 Å². The molecule has 1 aliphatic heterocycles. The Morgan fingerprint density at radius 1 is 1.02 bits per heavy atom. The number of benzene rings is 1. The van der Waals surface area contributed by atoms with E-state index in [1.165, 1.54) is 23.1 Å². The second kappa shape index (κ2) is 22.9. The number of hydrogen-bond donors (Lipinski definition) is 3. The molecule has 1 aromatic heterocycles. The van der Waals surface area contributed by atoms with Gasteiger partial charge in [0.2, 0.25) is 0 Å². The molecule has 7 nitrogen and oxygen atoms in total. The molecule has 1 aromatic carbocycles. The number of methoxy groups -OCH3 is 1. The Hall–Kier alpha value is -2.87. The van der Waals surface area contributed by atoms with Crippen LogP contribution in [-0.4, -0.2) is 22.5 Å². The van der Waals surface area contributed by atoms with E-state index in [2.05, 4.69) is 107 Å². The Balaban J connectivity index is 0.000000589. The van der Waals surface area contributed by atoms with Crippen molar-refractivity contribution in [1.82, 2.24) is 26.0 Å². The lowest BCUT2D eigenvalue weighted by Gasteiger charge is -2.10. The number of unbranched alkanes of at least 4 members (excludes halogenated alkanes) is 1. The van der Waals surface area contributed by atoms with E-state index in [1.807, 2.05) is 20.8 Å². The Morgan fingerprint density at radius 3 is 2.27 bits per heavy atom. The molecule has 4 rings (SSSR count). The summed E-state index contributed by atoms with van der Waals surface area (Å²) in [6.07, 6.45) is 15.6. The molecule has 0 atom stereocenters. The summed E-state index contributed by atoms with van der Waals surface area (Å²) in [5.41, 5.74) is 12.8. The molecule has 3 N–H and O–H groups in total. The Morgan fingerprint density at radius 2 is 1.75 bits per heavy atom. The smallest absolute Gasteiger partial charge is 0.152 e. The van der Waals surface area contributed by atoms with Gasteiger partial charge in [0.25, 0.3) is 0 Å². The van der Waals surface area contributed by atoms with Gasteiger partial charge in [-0.2, -0.15) is 0 Å². The number of aryl methyl sites for hydroxylation is 1. The van der Waals surface area contributed by atoms with E-state index in [4.69, 9.17) is 16.3 Å². The van der Waals surface area contributed by atoms with Gasteiger partial charge >= 0.3 is 0 Å². The van der Waals surface area contributed by atoms with Crippen LogP contribution in [0.1, 0.15) is 98.2 Å². The molecular weight excluding hydrogens is 520 g/mol. The van der Waals surface area contributed by atoms with Gasteiger partial charge in [-0.1, -0.05) is 120 Å². The molecule has 2 aliphatic rings. The summed E-state index contributed by atoms with van der Waals surface area (Å²) in [5, 5.41) is 4.28. The average Bonchev–Trinajstić information content (AvgIpc) is 3.47. The van der Waals surface area contributed by atoms with Gasteiger partial charge in [-0.05, 0) is 43.7 Å². The van der Waals surface area contributed by atoms with Crippen molar-refractivity contribution in [3.8, 4) is 0 Å². The summed E-state index contributed by atoms with van der Waals surface area (Å²) >= 11 is 6.13. The minimum absolute atomic E-state index is 0. The summed E-state index contributed by atoms with van der Waals surface area (Å²) in [5.74, 6) is 1.95. The number of hydrazine groups is 2. The Kier molecular flexibility index (Phi) is 21.3. The number of ether oxygens (including phenoxy) is 1. The fourth-order valence-corrected chi connectivity index (χ4v) is 4.08. The van der Waals surface area contributed by atoms with Crippen LogP contribution in [0, 0.1) is 0 Å². The molecule has 40 heavy (non-hydrogen) atoms. The van der Waals surface area contributed by atoms with Gasteiger partial charge in [0.1, 0.15) is 11.7 Å². The van der Waals surface area contributed by atoms with Crippen molar-refractivity contribution in [3.63, 3.8) is 0 Å². The maximum atomic E-state index is 6.13. The number of allylic oxidation sites excluding steroid dienone is 6. The first kappa shape index (κ1) is 37.1. The fourth-order valence-electron chi connectivity index (χ4n) is 3.83. The first-order valence-corrected chi connectivity index (χ1v) is 14.6. The molecule has 0 amide bonds. The van der Waals surface area contributed by atoms with Crippen molar-refractivity contribution >= 4 is 23.0 Å².